The van der Waals surface area contributed by atoms with E-state index < -0.39 is 0 Å². The highest BCUT2D eigenvalue weighted by atomic mass is 16.7. The average Bonchev–Trinajstić information content (AvgIpc) is 3.34. The number of esters is 1. The van der Waals surface area contributed by atoms with Crippen molar-refractivity contribution in [2.24, 2.45) is 5.92 Å². The van der Waals surface area contributed by atoms with E-state index in [9.17, 15) is 4.79 Å². The van der Waals surface area contributed by atoms with Crippen LogP contribution in [0, 0.1) is 5.92 Å². The molecule has 2 aliphatic rings. The van der Waals surface area contributed by atoms with Gasteiger partial charge in [0.05, 0.1) is 27.9 Å². The summed E-state index contributed by atoms with van der Waals surface area (Å²) in [6, 6.07) is 9.42. The van der Waals surface area contributed by atoms with Crippen LogP contribution in [0.1, 0.15) is 11.1 Å². The van der Waals surface area contributed by atoms with Crippen LogP contribution in [-0.2, 0) is 16.0 Å². The van der Waals surface area contributed by atoms with Crippen molar-refractivity contribution in [3.63, 3.8) is 0 Å². The summed E-state index contributed by atoms with van der Waals surface area (Å²) in [6.45, 7) is 0.569. The number of carbonyl (C=O) groups excluding carboxylic acids is 1. The van der Waals surface area contributed by atoms with Gasteiger partial charge >= 0.3 is 5.97 Å². The van der Waals surface area contributed by atoms with Crippen LogP contribution in [0.3, 0.4) is 0 Å². The lowest BCUT2D eigenvalue weighted by Gasteiger charge is -2.14. The fourth-order valence-electron chi connectivity index (χ4n) is 3.58. The predicted octanol–water partition coefficient (Wildman–Crippen LogP) is 3.24. The van der Waals surface area contributed by atoms with E-state index in [4.69, 9.17) is 28.4 Å². The van der Waals surface area contributed by atoms with Crippen molar-refractivity contribution in [1.29, 1.82) is 0 Å². The van der Waals surface area contributed by atoms with Gasteiger partial charge in [-0.3, -0.25) is 0 Å². The first-order chi connectivity index (χ1) is 14.1. The summed E-state index contributed by atoms with van der Waals surface area (Å²) < 4.78 is 32.3. The summed E-state index contributed by atoms with van der Waals surface area (Å²) in [5, 5.41) is 0. The third-order valence-corrected chi connectivity index (χ3v) is 5.02. The van der Waals surface area contributed by atoms with Gasteiger partial charge in [0.25, 0.3) is 0 Å². The van der Waals surface area contributed by atoms with Crippen LogP contribution in [0.2, 0.25) is 0 Å². The molecule has 2 heterocycles. The van der Waals surface area contributed by atoms with Crippen LogP contribution in [-0.4, -0.2) is 40.7 Å². The summed E-state index contributed by atoms with van der Waals surface area (Å²) in [6.07, 6.45) is 2.47. The van der Waals surface area contributed by atoms with Gasteiger partial charge in [-0.15, -0.1) is 0 Å². The van der Waals surface area contributed by atoms with Crippen molar-refractivity contribution in [3.8, 4) is 28.7 Å². The number of rotatable bonds is 6. The van der Waals surface area contributed by atoms with E-state index in [0.29, 0.717) is 35.8 Å². The minimum absolute atomic E-state index is 0.0676. The minimum Gasteiger partial charge on any atom is -0.493 e. The maximum absolute atomic E-state index is 12.4. The molecule has 0 N–H and O–H groups in total. The van der Waals surface area contributed by atoms with E-state index in [1.165, 1.54) is 0 Å². The van der Waals surface area contributed by atoms with Gasteiger partial charge < -0.3 is 28.4 Å². The molecule has 0 aliphatic carbocycles. The molecule has 0 aromatic heterocycles. The van der Waals surface area contributed by atoms with E-state index >= 15 is 0 Å². The van der Waals surface area contributed by atoms with Gasteiger partial charge in [0.1, 0.15) is 0 Å². The fourth-order valence-corrected chi connectivity index (χ4v) is 3.58. The fraction of sp³-hybridized carbons (Fsp3) is 0.318. The third-order valence-electron chi connectivity index (χ3n) is 5.02. The van der Waals surface area contributed by atoms with Crippen molar-refractivity contribution >= 4 is 12.0 Å². The monoisotopic (exact) mass is 398 g/mol. The van der Waals surface area contributed by atoms with Gasteiger partial charge in [-0.2, -0.15) is 0 Å². The predicted molar refractivity (Wildman–Crippen MR) is 105 cm³/mol. The Morgan fingerprint density at radius 3 is 2.38 bits per heavy atom. The maximum Gasteiger partial charge on any atom is 0.334 e. The Morgan fingerprint density at radius 2 is 1.69 bits per heavy atom. The molecule has 0 spiro atoms. The molecule has 1 atom stereocenters. The lowest BCUT2D eigenvalue weighted by atomic mass is 9.92. The zero-order valence-corrected chi connectivity index (χ0v) is 16.5. The smallest absolute Gasteiger partial charge is 0.334 e. The van der Waals surface area contributed by atoms with Crippen molar-refractivity contribution in [1.82, 2.24) is 0 Å². The molecule has 2 aliphatic heterocycles. The Morgan fingerprint density at radius 1 is 0.966 bits per heavy atom. The Bertz CT molecular complexity index is 939. The Kier molecular flexibility index (Phi) is 5.20. The number of methoxy groups -OCH3 is 3. The van der Waals surface area contributed by atoms with E-state index in [2.05, 4.69) is 0 Å². The first kappa shape index (κ1) is 19.0. The molecule has 29 heavy (non-hydrogen) atoms. The summed E-state index contributed by atoms with van der Waals surface area (Å²) >= 11 is 0. The summed E-state index contributed by atoms with van der Waals surface area (Å²) in [5.41, 5.74) is 2.43. The van der Waals surface area contributed by atoms with Crippen molar-refractivity contribution < 1.29 is 33.2 Å². The SMILES string of the molecule is COc1cc(C=C2C(=O)OCC2Cc2ccc3c(c2)OCO3)cc(OC)c1OC. The van der Waals surface area contributed by atoms with Gasteiger partial charge in [-0.05, 0) is 47.9 Å². The number of cyclic esters (lactones) is 1. The second kappa shape index (κ2) is 7.95. The molecule has 0 bridgehead atoms. The van der Waals surface area contributed by atoms with Crippen molar-refractivity contribution in [2.45, 2.75) is 6.42 Å². The maximum atomic E-state index is 12.4. The molecule has 4 rings (SSSR count). The summed E-state index contributed by atoms with van der Waals surface area (Å²) in [7, 11) is 4.66. The minimum atomic E-state index is -0.315. The molecule has 7 nitrogen and oxygen atoms in total. The van der Waals surface area contributed by atoms with E-state index in [0.717, 1.165) is 22.6 Å². The number of carbonyl (C=O) groups is 1. The molecule has 7 heteroatoms. The van der Waals surface area contributed by atoms with Gasteiger partial charge in [0.2, 0.25) is 12.5 Å². The number of fused-ring (bicyclic) bond motifs is 1. The van der Waals surface area contributed by atoms with Crippen LogP contribution in [0.4, 0.5) is 0 Å². The number of ether oxygens (including phenoxy) is 6. The zero-order valence-electron chi connectivity index (χ0n) is 16.5. The second-order valence-electron chi connectivity index (χ2n) is 6.75. The molecule has 1 unspecified atom stereocenters. The lowest BCUT2D eigenvalue weighted by molar-refractivity contribution is -0.135. The Hall–Kier alpha value is -3.35. The molecule has 2 aromatic carbocycles. The molecule has 0 saturated carbocycles. The van der Waals surface area contributed by atoms with Crippen molar-refractivity contribution in [3.05, 3.63) is 47.0 Å². The first-order valence-electron chi connectivity index (χ1n) is 9.20. The van der Waals surface area contributed by atoms with Crippen LogP contribution in [0.25, 0.3) is 6.08 Å². The molecule has 1 saturated heterocycles. The standard InChI is InChI=1S/C22H22O7/c1-24-19-9-14(10-20(25-2)21(19)26-3)7-16-15(11-27-22(16)23)6-13-4-5-17-18(8-13)29-12-28-17/h4-5,7-10,15H,6,11-12H2,1-3H3. The molecule has 0 amide bonds. The molecular weight excluding hydrogens is 376 g/mol. The third kappa shape index (κ3) is 3.68. The van der Waals surface area contributed by atoms with Crippen LogP contribution in [0.15, 0.2) is 35.9 Å². The molecule has 1 fully saturated rings. The van der Waals surface area contributed by atoms with Crippen LogP contribution in [0.5, 0.6) is 28.7 Å². The van der Waals surface area contributed by atoms with Crippen molar-refractivity contribution in [2.75, 3.05) is 34.7 Å². The highest BCUT2D eigenvalue weighted by Gasteiger charge is 2.31. The van der Waals surface area contributed by atoms with E-state index in [1.807, 2.05) is 24.3 Å². The van der Waals surface area contributed by atoms with E-state index in [1.54, 1.807) is 33.5 Å². The number of hydrogen-bond acceptors (Lipinski definition) is 7. The normalized spacial score (nSPS) is 18.7. The average molecular weight is 398 g/mol. The number of benzene rings is 2. The lowest BCUT2D eigenvalue weighted by Crippen LogP contribution is -2.07. The molecular formula is C22H22O7. The Balaban J connectivity index is 1.63. The topological polar surface area (TPSA) is 72.5 Å². The highest BCUT2D eigenvalue weighted by molar-refractivity contribution is 5.96. The van der Waals surface area contributed by atoms with Crippen LogP contribution < -0.4 is 23.7 Å². The zero-order chi connectivity index (χ0) is 20.4. The van der Waals surface area contributed by atoms with Crippen LogP contribution >= 0.6 is 0 Å². The first-order valence-corrected chi connectivity index (χ1v) is 9.20. The number of hydrogen-bond donors (Lipinski definition) is 0. The summed E-state index contributed by atoms with van der Waals surface area (Å²) in [4.78, 5) is 12.4. The van der Waals surface area contributed by atoms with Gasteiger partial charge in [0, 0.05) is 11.5 Å². The quantitative estimate of drug-likeness (QED) is 0.546. The Labute approximate surface area is 168 Å². The molecule has 2 aromatic rings. The second-order valence-corrected chi connectivity index (χ2v) is 6.75. The van der Waals surface area contributed by atoms with Gasteiger partial charge in [-0.25, -0.2) is 4.79 Å². The summed E-state index contributed by atoms with van der Waals surface area (Å²) in [5.74, 6) is 2.63. The largest absolute Gasteiger partial charge is 0.493 e. The van der Waals surface area contributed by atoms with Gasteiger partial charge in [-0.1, -0.05) is 6.07 Å². The van der Waals surface area contributed by atoms with E-state index in [-0.39, 0.29) is 18.7 Å². The van der Waals surface area contributed by atoms with Gasteiger partial charge in [0.15, 0.2) is 23.0 Å². The highest BCUT2D eigenvalue weighted by Crippen LogP contribution is 2.40. The molecule has 0 radical (unpaired) electrons. The molecule has 152 valence electrons.